The molecule has 112 valence electrons. The third kappa shape index (κ3) is 3.43. The van der Waals surface area contributed by atoms with Crippen LogP contribution in [0.1, 0.15) is 36.4 Å². The number of thiophene rings is 1. The van der Waals surface area contributed by atoms with Crippen molar-refractivity contribution in [3.63, 3.8) is 0 Å². The molecular formula is C14H22N2O3S. The molecule has 1 aromatic heterocycles. The molecule has 0 amide bonds. The van der Waals surface area contributed by atoms with E-state index in [2.05, 4.69) is 5.32 Å². The predicted molar refractivity (Wildman–Crippen MR) is 81.9 cm³/mol. The molecule has 1 saturated carbocycles. The van der Waals surface area contributed by atoms with Gasteiger partial charge in [-0.25, -0.2) is 0 Å². The van der Waals surface area contributed by atoms with E-state index in [1.54, 1.807) is 7.11 Å². The lowest BCUT2D eigenvalue weighted by Gasteiger charge is -2.12. The zero-order valence-electron chi connectivity index (χ0n) is 12.2. The summed E-state index contributed by atoms with van der Waals surface area (Å²) in [6.07, 6.45) is 1.96. The monoisotopic (exact) mass is 298 g/mol. The number of rotatable bonds is 8. The van der Waals surface area contributed by atoms with Crippen LogP contribution >= 0.6 is 11.3 Å². The molecule has 0 spiro atoms. The molecule has 5 nitrogen and oxygen atoms in total. The molecular weight excluding hydrogens is 276 g/mol. The van der Waals surface area contributed by atoms with E-state index >= 15 is 0 Å². The van der Waals surface area contributed by atoms with Crippen LogP contribution in [0.2, 0.25) is 0 Å². The molecule has 0 saturated heterocycles. The van der Waals surface area contributed by atoms with Crippen molar-refractivity contribution in [3.05, 3.63) is 4.88 Å². The molecule has 1 aromatic rings. The second kappa shape index (κ2) is 6.45. The Bertz CT molecular complexity index is 481. The van der Waals surface area contributed by atoms with Gasteiger partial charge in [0, 0.05) is 19.6 Å². The van der Waals surface area contributed by atoms with Gasteiger partial charge in [0.2, 0.25) is 0 Å². The fourth-order valence-corrected chi connectivity index (χ4v) is 2.98. The highest BCUT2D eigenvalue weighted by Gasteiger charge is 2.34. The number of ketones is 1. The van der Waals surface area contributed by atoms with E-state index in [1.807, 2.05) is 13.8 Å². The van der Waals surface area contributed by atoms with Crippen molar-refractivity contribution in [2.45, 2.75) is 32.8 Å². The molecule has 0 radical (unpaired) electrons. The fourth-order valence-electron chi connectivity index (χ4n) is 1.88. The number of nitrogen functional groups attached to an aromatic ring is 1. The summed E-state index contributed by atoms with van der Waals surface area (Å²) in [5.41, 5.74) is 6.59. The van der Waals surface area contributed by atoms with Crippen LogP contribution in [0.15, 0.2) is 0 Å². The number of hydrogen-bond acceptors (Lipinski definition) is 6. The van der Waals surface area contributed by atoms with Crippen LogP contribution < -0.4 is 15.8 Å². The van der Waals surface area contributed by atoms with Crippen LogP contribution in [0.5, 0.6) is 5.75 Å². The van der Waals surface area contributed by atoms with Crippen molar-refractivity contribution in [1.29, 1.82) is 0 Å². The third-order valence-electron chi connectivity index (χ3n) is 3.02. The largest absolute Gasteiger partial charge is 0.486 e. The molecule has 1 fully saturated rings. The first-order valence-corrected chi connectivity index (χ1v) is 7.72. The highest BCUT2D eigenvalue weighted by molar-refractivity contribution is 7.19. The molecule has 1 aliphatic rings. The summed E-state index contributed by atoms with van der Waals surface area (Å²) in [5.74, 6) is 0.917. The fraction of sp³-hybridized carbons (Fsp3) is 0.643. The number of anilines is 2. The van der Waals surface area contributed by atoms with Crippen LogP contribution in [-0.2, 0) is 4.74 Å². The molecule has 1 heterocycles. The first kappa shape index (κ1) is 15.1. The normalized spacial score (nSPS) is 14.6. The number of ether oxygens (including phenoxy) is 2. The molecule has 0 atom stereocenters. The number of nitrogens with one attached hydrogen (secondary N) is 1. The summed E-state index contributed by atoms with van der Waals surface area (Å²) in [6.45, 7) is 5.13. The lowest BCUT2D eigenvalue weighted by molar-refractivity contribution is 0.0972. The van der Waals surface area contributed by atoms with Crippen molar-refractivity contribution < 1.29 is 14.3 Å². The molecule has 0 unspecified atom stereocenters. The smallest absolute Gasteiger partial charge is 0.178 e. The van der Waals surface area contributed by atoms with Gasteiger partial charge >= 0.3 is 0 Å². The average Bonchev–Trinajstić information content (AvgIpc) is 3.19. The van der Waals surface area contributed by atoms with Crippen molar-refractivity contribution in [1.82, 2.24) is 0 Å². The second-order valence-electron chi connectivity index (χ2n) is 5.23. The van der Waals surface area contributed by atoms with Crippen LogP contribution in [-0.4, -0.2) is 32.1 Å². The van der Waals surface area contributed by atoms with Gasteiger partial charge in [-0.05, 0) is 26.7 Å². The molecule has 0 aromatic carbocycles. The number of Topliss-reactive ketones (excluding diaryl/α,β-unsaturated/α-hetero) is 1. The molecule has 2 rings (SSSR count). The Morgan fingerprint density at radius 1 is 1.50 bits per heavy atom. The van der Waals surface area contributed by atoms with E-state index in [0.717, 1.165) is 17.8 Å². The lowest BCUT2D eigenvalue weighted by atomic mass is 10.2. The zero-order valence-corrected chi connectivity index (χ0v) is 13.0. The Morgan fingerprint density at radius 3 is 2.75 bits per heavy atom. The highest BCUT2D eigenvalue weighted by atomic mass is 32.1. The van der Waals surface area contributed by atoms with Crippen molar-refractivity contribution >= 4 is 27.8 Å². The Kier molecular flexibility index (Phi) is 4.88. The molecule has 20 heavy (non-hydrogen) atoms. The zero-order chi connectivity index (χ0) is 14.7. The standard InChI is InChI=1S/C14H22N2O3S/c1-8(2)19-12-10(15)13(11(17)9-4-5-9)20-14(12)16-6-7-18-3/h8-9,16H,4-7,15H2,1-3H3. The van der Waals surface area contributed by atoms with Crippen LogP contribution in [0, 0.1) is 5.92 Å². The van der Waals surface area contributed by atoms with E-state index < -0.39 is 0 Å². The topological polar surface area (TPSA) is 73.6 Å². The quantitative estimate of drug-likeness (QED) is 0.570. The van der Waals surface area contributed by atoms with E-state index in [4.69, 9.17) is 15.2 Å². The van der Waals surface area contributed by atoms with Gasteiger partial charge in [0.05, 0.1) is 23.3 Å². The first-order valence-electron chi connectivity index (χ1n) is 6.90. The summed E-state index contributed by atoms with van der Waals surface area (Å²) in [5, 5.41) is 4.05. The van der Waals surface area contributed by atoms with Gasteiger partial charge in [-0.1, -0.05) is 0 Å². The maximum Gasteiger partial charge on any atom is 0.178 e. The van der Waals surface area contributed by atoms with E-state index in [-0.39, 0.29) is 17.8 Å². The van der Waals surface area contributed by atoms with Crippen molar-refractivity contribution in [2.24, 2.45) is 5.92 Å². The Morgan fingerprint density at radius 2 is 2.20 bits per heavy atom. The third-order valence-corrected chi connectivity index (χ3v) is 4.18. The van der Waals surface area contributed by atoms with Gasteiger partial charge in [-0.3, -0.25) is 4.79 Å². The molecule has 0 bridgehead atoms. The Hall–Kier alpha value is -1.27. The SMILES string of the molecule is COCCNc1sc(C(=O)C2CC2)c(N)c1OC(C)C. The van der Waals surface area contributed by atoms with Crippen molar-refractivity contribution in [3.8, 4) is 5.75 Å². The van der Waals surface area contributed by atoms with Gasteiger partial charge in [-0.2, -0.15) is 0 Å². The number of nitrogens with two attached hydrogens (primary N) is 1. The summed E-state index contributed by atoms with van der Waals surface area (Å²) in [7, 11) is 1.65. The summed E-state index contributed by atoms with van der Waals surface area (Å²) in [6, 6.07) is 0. The molecule has 3 N–H and O–H groups in total. The van der Waals surface area contributed by atoms with E-state index in [1.165, 1.54) is 11.3 Å². The lowest BCUT2D eigenvalue weighted by Crippen LogP contribution is -2.11. The van der Waals surface area contributed by atoms with Gasteiger partial charge in [-0.15, -0.1) is 11.3 Å². The number of methoxy groups -OCH3 is 1. The van der Waals surface area contributed by atoms with Crippen LogP contribution in [0.3, 0.4) is 0 Å². The van der Waals surface area contributed by atoms with Crippen LogP contribution in [0.25, 0.3) is 0 Å². The minimum absolute atomic E-state index is 0.0127. The molecule has 0 aliphatic heterocycles. The maximum atomic E-state index is 12.2. The second-order valence-corrected chi connectivity index (χ2v) is 6.25. The maximum absolute atomic E-state index is 12.2. The first-order chi connectivity index (χ1) is 9.54. The average molecular weight is 298 g/mol. The summed E-state index contributed by atoms with van der Waals surface area (Å²) >= 11 is 1.39. The predicted octanol–water partition coefficient (Wildman–Crippen LogP) is 2.77. The van der Waals surface area contributed by atoms with Gasteiger partial charge in [0.1, 0.15) is 5.00 Å². The Labute approximate surface area is 123 Å². The summed E-state index contributed by atoms with van der Waals surface area (Å²) in [4.78, 5) is 12.9. The van der Waals surface area contributed by atoms with Gasteiger partial charge < -0.3 is 20.5 Å². The number of hydrogen-bond donors (Lipinski definition) is 2. The number of carbonyl (C=O) groups excluding carboxylic acids is 1. The van der Waals surface area contributed by atoms with E-state index in [0.29, 0.717) is 29.5 Å². The number of carbonyl (C=O) groups is 1. The van der Waals surface area contributed by atoms with Crippen molar-refractivity contribution in [2.75, 3.05) is 31.3 Å². The minimum Gasteiger partial charge on any atom is -0.486 e. The van der Waals surface area contributed by atoms with Crippen LogP contribution in [0.4, 0.5) is 10.7 Å². The van der Waals surface area contributed by atoms with Gasteiger partial charge in [0.25, 0.3) is 0 Å². The highest BCUT2D eigenvalue weighted by Crippen LogP contribution is 2.46. The Balaban J connectivity index is 2.22. The van der Waals surface area contributed by atoms with Gasteiger partial charge in [0.15, 0.2) is 11.5 Å². The molecule has 1 aliphatic carbocycles. The summed E-state index contributed by atoms with van der Waals surface area (Å²) < 4.78 is 10.8. The minimum atomic E-state index is 0.0127. The molecule has 6 heteroatoms. The van der Waals surface area contributed by atoms with E-state index in [9.17, 15) is 4.79 Å².